The molecule has 5 heteroatoms. The molecule has 1 heterocycles. The van der Waals surface area contributed by atoms with E-state index >= 15 is 0 Å². The van der Waals surface area contributed by atoms with E-state index in [1.165, 1.54) is 5.56 Å². The number of nitrogens with one attached hydrogen (secondary N) is 1. The quantitative estimate of drug-likeness (QED) is 0.906. The minimum absolute atomic E-state index is 0.105. The molecular weight excluding hydrogens is 324 g/mol. The summed E-state index contributed by atoms with van der Waals surface area (Å²) in [6.07, 6.45) is 0. The number of rotatable bonds is 5. The van der Waals surface area contributed by atoms with Crippen LogP contribution in [0.1, 0.15) is 22.0 Å². The molecule has 1 atom stereocenters. The van der Waals surface area contributed by atoms with Gasteiger partial charge in [0.25, 0.3) is 5.91 Å². The van der Waals surface area contributed by atoms with Gasteiger partial charge >= 0.3 is 0 Å². The zero-order chi connectivity index (χ0) is 16.8. The summed E-state index contributed by atoms with van der Waals surface area (Å²) in [6, 6.07) is 17.4. The number of hydrogen-bond donors (Lipinski definition) is 1. The molecule has 1 N–H and O–H groups in total. The fourth-order valence-electron chi connectivity index (χ4n) is 2.94. The van der Waals surface area contributed by atoms with Crippen LogP contribution in [-0.4, -0.2) is 43.7 Å². The first kappa shape index (κ1) is 17.0. The van der Waals surface area contributed by atoms with Gasteiger partial charge in [-0.25, -0.2) is 0 Å². The highest BCUT2D eigenvalue weighted by Crippen LogP contribution is 2.21. The van der Waals surface area contributed by atoms with Crippen LogP contribution in [-0.2, 0) is 4.74 Å². The number of carbonyl (C=O) groups excluding carboxylic acids is 1. The SMILES string of the molecule is O=C(NCC(c1ccccc1)N1CCOCC1)c1cccc(Cl)c1. The molecule has 0 bridgehead atoms. The summed E-state index contributed by atoms with van der Waals surface area (Å²) in [5, 5.41) is 3.61. The Bertz CT molecular complexity index is 672. The van der Waals surface area contributed by atoms with Crippen molar-refractivity contribution in [2.45, 2.75) is 6.04 Å². The van der Waals surface area contributed by atoms with Gasteiger partial charge in [-0.2, -0.15) is 0 Å². The minimum atomic E-state index is -0.105. The van der Waals surface area contributed by atoms with Gasteiger partial charge in [-0.1, -0.05) is 48.0 Å². The maximum Gasteiger partial charge on any atom is 0.251 e. The van der Waals surface area contributed by atoms with Crippen LogP contribution >= 0.6 is 11.6 Å². The fraction of sp³-hybridized carbons (Fsp3) is 0.316. The van der Waals surface area contributed by atoms with E-state index < -0.39 is 0 Å². The molecule has 0 radical (unpaired) electrons. The van der Waals surface area contributed by atoms with E-state index in [1.807, 2.05) is 18.2 Å². The van der Waals surface area contributed by atoms with Crippen LogP contribution in [0.4, 0.5) is 0 Å². The Labute approximate surface area is 147 Å². The molecule has 0 spiro atoms. The molecule has 1 fully saturated rings. The van der Waals surface area contributed by atoms with Gasteiger partial charge in [0.15, 0.2) is 0 Å². The number of nitrogens with zero attached hydrogens (tertiary/aromatic N) is 1. The fourth-order valence-corrected chi connectivity index (χ4v) is 3.13. The van der Waals surface area contributed by atoms with Crippen molar-refractivity contribution < 1.29 is 9.53 Å². The first-order chi connectivity index (χ1) is 11.7. The second-order valence-electron chi connectivity index (χ2n) is 5.80. The van der Waals surface area contributed by atoms with Gasteiger partial charge in [0.1, 0.15) is 0 Å². The first-order valence-electron chi connectivity index (χ1n) is 8.14. The monoisotopic (exact) mass is 344 g/mol. The number of amides is 1. The first-order valence-corrected chi connectivity index (χ1v) is 8.52. The Morgan fingerprint density at radius 1 is 1.12 bits per heavy atom. The number of benzene rings is 2. The predicted octanol–water partition coefficient (Wildman–Crippen LogP) is 3.14. The van der Waals surface area contributed by atoms with Crippen LogP contribution in [0.3, 0.4) is 0 Å². The summed E-state index contributed by atoms with van der Waals surface area (Å²) in [7, 11) is 0. The van der Waals surface area contributed by atoms with E-state index in [9.17, 15) is 4.79 Å². The van der Waals surface area contributed by atoms with Gasteiger partial charge in [0.05, 0.1) is 19.3 Å². The van der Waals surface area contributed by atoms with Gasteiger partial charge < -0.3 is 10.1 Å². The summed E-state index contributed by atoms with van der Waals surface area (Å²) >= 11 is 5.97. The Hall–Kier alpha value is -1.88. The molecule has 1 saturated heterocycles. The summed E-state index contributed by atoms with van der Waals surface area (Å²) in [6.45, 7) is 3.74. The van der Waals surface area contributed by atoms with Gasteiger partial charge in [0.2, 0.25) is 0 Å². The lowest BCUT2D eigenvalue weighted by Gasteiger charge is -2.35. The van der Waals surface area contributed by atoms with Crippen molar-refractivity contribution in [3.8, 4) is 0 Å². The van der Waals surface area contributed by atoms with Crippen LogP contribution in [0.5, 0.6) is 0 Å². The molecule has 2 aromatic rings. The predicted molar refractivity (Wildman–Crippen MR) is 95.4 cm³/mol. The maximum absolute atomic E-state index is 12.4. The van der Waals surface area contributed by atoms with Crippen LogP contribution in [0.15, 0.2) is 54.6 Å². The van der Waals surface area contributed by atoms with Gasteiger partial charge in [-0.05, 0) is 23.8 Å². The lowest BCUT2D eigenvalue weighted by molar-refractivity contribution is 0.0162. The normalized spacial score (nSPS) is 16.5. The standard InChI is InChI=1S/C19H21ClN2O2/c20-17-8-4-7-16(13-17)19(23)21-14-18(15-5-2-1-3-6-15)22-9-11-24-12-10-22/h1-8,13,18H,9-12,14H2,(H,21,23). The van der Waals surface area contributed by atoms with E-state index in [2.05, 4.69) is 22.3 Å². The third-order valence-electron chi connectivity index (χ3n) is 4.21. The zero-order valence-electron chi connectivity index (χ0n) is 13.5. The molecule has 2 aromatic carbocycles. The second kappa shape index (κ2) is 8.29. The molecule has 1 unspecified atom stereocenters. The van der Waals surface area contributed by atoms with Crippen LogP contribution in [0.25, 0.3) is 0 Å². The average molecular weight is 345 g/mol. The van der Waals surface area contributed by atoms with E-state index in [0.717, 1.165) is 26.3 Å². The van der Waals surface area contributed by atoms with Crippen molar-refractivity contribution >= 4 is 17.5 Å². The summed E-state index contributed by atoms with van der Waals surface area (Å²) in [5.41, 5.74) is 1.78. The molecule has 1 aliphatic heterocycles. The van der Waals surface area contributed by atoms with E-state index in [4.69, 9.17) is 16.3 Å². The van der Waals surface area contributed by atoms with Gasteiger partial charge in [0, 0.05) is 30.2 Å². The van der Waals surface area contributed by atoms with E-state index in [0.29, 0.717) is 17.1 Å². The zero-order valence-corrected chi connectivity index (χ0v) is 14.2. The topological polar surface area (TPSA) is 41.6 Å². The molecule has 1 aliphatic rings. The number of ether oxygens (including phenoxy) is 1. The number of morpholine rings is 1. The van der Waals surface area contributed by atoms with E-state index in [1.54, 1.807) is 24.3 Å². The Morgan fingerprint density at radius 2 is 1.88 bits per heavy atom. The minimum Gasteiger partial charge on any atom is -0.379 e. The molecule has 3 rings (SSSR count). The van der Waals surface area contributed by atoms with Crippen molar-refractivity contribution in [1.82, 2.24) is 10.2 Å². The van der Waals surface area contributed by atoms with Crippen LogP contribution in [0, 0.1) is 0 Å². The van der Waals surface area contributed by atoms with Crippen LogP contribution in [0.2, 0.25) is 5.02 Å². The summed E-state index contributed by atoms with van der Waals surface area (Å²) in [5.74, 6) is -0.105. The third kappa shape index (κ3) is 4.35. The molecule has 1 amide bonds. The average Bonchev–Trinajstić information content (AvgIpc) is 2.63. The Kier molecular flexibility index (Phi) is 5.86. The van der Waals surface area contributed by atoms with Crippen molar-refractivity contribution in [2.75, 3.05) is 32.8 Å². The summed E-state index contributed by atoms with van der Waals surface area (Å²) < 4.78 is 5.45. The largest absolute Gasteiger partial charge is 0.379 e. The molecular formula is C19H21ClN2O2. The number of carbonyl (C=O) groups is 1. The van der Waals surface area contributed by atoms with E-state index in [-0.39, 0.29) is 11.9 Å². The van der Waals surface area contributed by atoms with Crippen molar-refractivity contribution in [1.29, 1.82) is 0 Å². The lowest BCUT2D eigenvalue weighted by Crippen LogP contribution is -2.43. The van der Waals surface area contributed by atoms with Crippen molar-refractivity contribution in [3.05, 3.63) is 70.7 Å². The third-order valence-corrected chi connectivity index (χ3v) is 4.45. The Morgan fingerprint density at radius 3 is 2.58 bits per heavy atom. The highest BCUT2D eigenvalue weighted by molar-refractivity contribution is 6.30. The smallest absolute Gasteiger partial charge is 0.251 e. The molecule has 0 aliphatic carbocycles. The highest BCUT2D eigenvalue weighted by atomic mass is 35.5. The van der Waals surface area contributed by atoms with Gasteiger partial charge in [-0.15, -0.1) is 0 Å². The van der Waals surface area contributed by atoms with Gasteiger partial charge in [-0.3, -0.25) is 9.69 Å². The molecule has 0 saturated carbocycles. The second-order valence-corrected chi connectivity index (χ2v) is 6.23. The number of hydrogen-bond acceptors (Lipinski definition) is 3. The molecule has 0 aromatic heterocycles. The number of halogens is 1. The molecule has 4 nitrogen and oxygen atoms in total. The maximum atomic E-state index is 12.4. The Balaban J connectivity index is 1.71. The highest BCUT2D eigenvalue weighted by Gasteiger charge is 2.23. The van der Waals surface area contributed by atoms with Crippen LogP contribution < -0.4 is 5.32 Å². The van der Waals surface area contributed by atoms with Crippen molar-refractivity contribution in [2.24, 2.45) is 0 Å². The summed E-state index contributed by atoms with van der Waals surface area (Å²) in [4.78, 5) is 14.8. The van der Waals surface area contributed by atoms with Crippen molar-refractivity contribution in [3.63, 3.8) is 0 Å². The molecule has 126 valence electrons. The lowest BCUT2D eigenvalue weighted by atomic mass is 10.0. The molecule has 24 heavy (non-hydrogen) atoms.